The summed E-state index contributed by atoms with van der Waals surface area (Å²) in [6.07, 6.45) is 0. The number of phenols is 1. The number of benzene rings is 4. The summed E-state index contributed by atoms with van der Waals surface area (Å²) in [5, 5.41) is 21.5. The van der Waals surface area contributed by atoms with Gasteiger partial charge in [-0.05, 0) is 47.2 Å². The van der Waals surface area contributed by atoms with E-state index in [0.717, 1.165) is 18.2 Å². The zero-order valence-corrected chi connectivity index (χ0v) is 24.9. The number of azo groups is 1. The molecule has 0 fully saturated rings. The molecule has 0 aliphatic rings. The predicted octanol–water partition coefficient (Wildman–Crippen LogP) is 3.24. The number of anilines is 1. The zero-order chi connectivity index (χ0) is 32.0. The number of aromatic hydroxyl groups is 1. The van der Waals surface area contributed by atoms with Gasteiger partial charge in [0.1, 0.15) is 10.6 Å². The lowest BCUT2D eigenvalue weighted by atomic mass is 10.1. The average molecular weight is 676 g/mol. The van der Waals surface area contributed by atoms with E-state index in [1.54, 1.807) is 6.07 Å². The van der Waals surface area contributed by atoms with Crippen molar-refractivity contribution in [1.82, 2.24) is 0 Å². The van der Waals surface area contributed by atoms with E-state index in [9.17, 15) is 47.9 Å². The van der Waals surface area contributed by atoms with Crippen molar-refractivity contribution in [2.75, 3.05) is 24.7 Å². The van der Waals surface area contributed by atoms with E-state index in [4.69, 9.17) is 4.55 Å². The summed E-state index contributed by atoms with van der Waals surface area (Å²) in [4.78, 5) is -1.84. The molecule has 0 aromatic heterocycles. The lowest BCUT2D eigenvalue weighted by molar-refractivity contribution is 0.284. The standard InChI is InChI=1S/C23H21N3O13S4/c1-24-18-12-16(41(30,31)32)9-14-10-20(42(33,34)35)22(23(27)21(14)18)26-25-15-6-5-13-3-2-4-19(17(13)11-15)40(28,29)8-7-39-43(36,37)38/h2-6,9-12,24,27H,7-8H2,1H3,(H,30,31,32)(H,33,34,35)(H,36,37,38). The van der Waals surface area contributed by atoms with Crippen LogP contribution in [0.3, 0.4) is 0 Å². The van der Waals surface area contributed by atoms with Crippen molar-refractivity contribution in [3.05, 3.63) is 54.6 Å². The molecular formula is C23H21N3O13S4. The van der Waals surface area contributed by atoms with Gasteiger partial charge in [-0.1, -0.05) is 18.2 Å². The maximum absolute atomic E-state index is 12.9. The highest BCUT2D eigenvalue weighted by Crippen LogP contribution is 2.45. The van der Waals surface area contributed by atoms with Crippen LogP contribution in [0.1, 0.15) is 0 Å². The van der Waals surface area contributed by atoms with Crippen molar-refractivity contribution >= 4 is 79.1 Å². The molecule has 0 saturated heterocycles. The molecule has 0 spiro atoms. The van der Waals surface area contributed by atoms with Crippen molar-refractivity contribution < 1.29 is 56.6 Å². The van der Waals surface area contributed by atoms with E-state index >= 15 is 0 Å². The van der Waals surface area contributed by atoms with Gasteiger partial charge >= 0.3 is 10.4 Å². The minimum Gasteiger partial charge on any atom is -0.505 e. The highest BCUT2D eigenvalue weighted by molar-refractivity contribution is 7.91. The van der Waals surface area contributed by atoms with Crippen LogP contribution in [0.25, 0.3) is 21.5 Å². The molecule has 230 valence electrons. The van der Waals surface area contributed by atoms with E-state index in [0.29, 0.717) is 5.39 Å². The number of nitrogens with one attached hydrogen (secondary N) is 1. The first-order valence-electron chi connectivity index (χ1n) is 11.6. The summed E-state index contributed by atoms with van der Waals surface area (Å²) in [7, 11) is -17.5. The maximum atomic E-state index is 12.9. The molecule has 0 aliphatic heterocycles. The Labute approximate surface area is 245 Å². The third-order valence-corrected chi connectivity index (χ3v) is 9.87. The topological polar surface area (TPSA) is 263 Å². The summed E-state index contributed by atoms with van der Waals surface area (Å²) in [6.45, 7) is -0.864. The largest absolute Gasteiger partial charge is 0.505 e. The summed E-state index contributed by atoms with van der Waals surface area (Å²) in [6, 6.07) is 11.0. The fraction of sp³-hybridized carbons (Fsp3) is 0.130. The Morgan fingerprint density at radius 1 is 0.791 bits per heavy atom. The normalized spacial score (nSPS) is 13.2. The second-order valence-corrected chi connectivity index (χ2v) is 14.8. The monoisotopic (exact) mass is 675 g/mol. The Hall–Kier alpha value is -3.76. The first kappa shape index (κ1) is 32.2. The van der Waals surface area contributed by atoms with Gasteiger partial charge in [-0.3, -0.25) is 13.7 Å². The summed E-state index contributed by atoms with van der Waals surface area (Å²) >= 11 is 0. The molecule has 43 heavy (non-hydrogen) atoms. The molecule has 5 N–H and O–H groups in total. The second-order valence-electron chi connectivity index (χ2n) is 8.77. The van der Waals surface area contributed by atoms with Crippen molar-refractivity contribution in [1.29, 1.82) is 0 Å². The van der Waals surface area contributed by atoms with Gasteiger partial charge < -0.3 is 10.4 Å². The molecule has 16 nitrogen and oxygen atoms in total. The summed E-state index contributed by atoms with van der Waals surface area (Å²) in [5.41, 5.74) is -0.838. The third kappa shape index (κ3) is 7.08. The number of sulfone groups is 1. The Balaban J connectivity index is 1.87. The van der Waals surface area contributed by atoms with Crippen LogP contribution in [0, 0.1) is 0 Å². The highest BCUT2D eigenvalue weighted by Gasteiger charge is 2.25. The van der Waals surface area contributed by atoms with Gasteiger partial charge in [-0.2, -0.15) is 30.4 Å². The van der Waals surface area contributed by atoms with Crippen molar-refractivity contribution in [2.45, 2.75) is 14.7 Å². The third-order valence-electron chi connectivity index (χ3n) is 5.98. The van der Waals surface area contributed by atoms with Crippen LogP contribution >= 0.6 is 0 Å². The molecule has 0 radical (unpaired) electrons. The van der Waals surface area contributed by atoms with Gasteiger partial charge in [0.15, 0.2) is 15.6 Å². The number of fused-ring (bicyclic) bond motifs is 2. The Bertz CT molecular complexity index is 2250. The lowest BCUT2D eigenvalue weighted by Gasteiger charge is -2.13. The van der Waals surface area contributed by atoms with Crippen LogP contribution in [0.2, 0.25) is 0 Å². The minimum absolute atomic E-state index is 0.0410. The fourth-order valence-electron chi connectivity index (χ4n) is 4.13. The van der Waals surface area contributed by atoms with Crippen LogP contribution in [0.4, 0.5) is 17.1 Å². The van der Waals surface area contributed by atoms with E-state index < -0.39 is 74.1 Å². The summed E-state index contributed by atoms with van der Waals surface area (Å²) in [5.74, 6) is -1.64. The molecule has 4 aromatic rings. The molecule has 4 aromatic carbocycles. The molecule has 0 aliphatic carbocycles. The van der Waals surface area contributed by atoms with Crippen LogP contribution in [-0.2, 0) is 44.7 Å². The minimum atomic E-state index is -5.10. The number of rotatable bonds is 10. The van der Waals surface area contributed by atoms with Crippen LogP contribution in [0.5, 0.6) is 5.75 Å². The van der Waals surface area contributed by atoms with Crippen LogP contribution < -0.4 is 5.32 Å². The van der Waals surface area contributed by atoms with E-state index in [2.05, 4.69) is 19.7 Å². The molecule has 0 heterocycles. The van der Waals surface area contributed by atoms with E-state index in [-0.39, 0.29) is 32.4 Å². The first-order chi connectivity index (χ1) is 19.8. The number of nitrogens with zero attached hydrogens (tertiary/aromatic N) is 2. The van der Waals surface area contributed by atoms with Gasteiger partial charge in [-0.25, -0.2) is 12.6 Å². The molecule has 0 amide bonds. The van der Waals surface area contributed by atoms with Crippen molar-refractivity contribution in [2.24, 2.45) is 10.2 Å². The van der Waals surface area contributed by atoms with Gasteiger partial charge in [0.25, 0.3) is 20.2 Å². The molecule has 0 atom stereocenters. The quantitative estimate of drug-likeness (QED) is 0.119. The predicted molar refractivity (Wildman–Crippen MR) is 152 cm³/mol. The summed E-state index contributed by atoms with van der Waals surface area (Å²) < 4.78 is 127. The molecular weight excluding hydrogens is 655 g/mol. The molecule has 0 unspecified atom stereocenters. The van der Waals surface area contributed by atoms with Gasteiger partial charge in [0, 0.05) is 23.5 Å². The van der Waals surface area contributed by atoms with Crippen molar-refractivity contribution in [3.63, 3.8) is 0 Å². The Morgan fingerprint density at radius 2 is 1.49 bits per heavy atom. The zero-order valence-electron chi connectivity index (χ0n) is 21.6. The maximum Gasteiger partial charge on any atom is 0.397 e. The number of hydrogen-bond acceptors (Lipinski definition) is 13. The second kappa shape index (κ2) is 11.4. The molecule has 0 saturated carbocycles. The van der Waals surface area contributed by atoms with E-state index in [1.165, 1.54) is 37.4 Å². The fourth-order valence-corrected chi connectivity index (χ4v) is 7.05. The Kier molecular flexibility index (Phi) is 8.52. The van der Waals surface area contributed by atoms with Crippen molar-refractivity contribution in [3.8, 4) is 5.75 Å². The van der Waals surface area contributed by atoms with Gasteiger partial charge in [0.05, 0.1) is 27.8 Å². The Morgan fingerprint density at radius 3 is 2.09 bits per heavy atom. The molecule has 0 bridgehead atoms. The highest BCUT2D eigenvalue weighted by atomic mass is 32.3. The van der Waals surface area contributed by atoms with Crippen LogP contribution in [-0.4, -0.2) is 71.8 Å². The first-order valence-corrected chi connectivity index (χ1v) is 17.5. The van der Waals surface area contributed by atoms with Crippen LogP contribution in [0.15, 0.2) is 79.5 Å². The smallest absolute Gasteiger partial charge is 0.397 e. The molecule has 4 rings (SSSR count). The molecule has 20 heteroatoms. The SMILES string of the molecule is CNc1cc(S(=O)(=O)O)cc2cc(S(=O)(=O)O)c(N=Nc3ccc4cccc(S(=O)(=O)CCOS(=O)(=O)O)c4c3)c(O)c12. The number of hydrogen-bond donors (Lipinski definition) is 5. The lowest BCUT2D eigenvalue weighted by Crippen LogP contribution is -2.15. The van der Waals surface area contributed by atoms with Gasteiger partial charge in [-0.15, -0.1) is 5.11 Å². The van der Waals surface area contributed by atoms with E-state index in [1.807, 2.05) is 0 Å². The van der Waals surface area contributed by atoms with Gasteiger partial charge in [0.2, 0.25) is 0 Å². The number of phenolic OH excluding ortho intramolecular Hbond substituents is 1. The average Bonchev–Trinajstić information content (AvgIpc) is 2.89.